The van der Waals surface area contributed by atoms with Gasteiger partial charge in [0.2, 0.25) is 0 Å². The van der Waals surface area contributed by atoms with Crippen LogP contribution in [0.3, 0.4) is 0 Å². The van der Waals surface area contributed by atoms with E-state index in [4.69, 9.17) is 14.7 Å². The fourth-order valence-corrected chi connectivity index (χ4v) is 1.86. The third-order valence-corrected chi connectivity index (χ3v) is 3.12. The van der Waals surface area contributed by atoms with Crippen LogP contribution in [-0.2, 0) is 9.53 Å². The largest absolute Gasteiger partial charge is 0.481 e. The van der Waals surface area contributed by atoms with Crippen molar-refractivity contribution in [2.45, 2.75) is 0 Å². The van der Waals surface area contributed by atoms with Crippen LogP contribution in [0.2, 0.25) is 0 Å². The standard InChI is InChI=1S/C17H12N2O6/c18-9-13-3-1-2-4-16(13)24-11-17(21)25-10-15(20)12-5-7-14(8-6-12)19(22)23/h1-8H,10-11H2. The minimum absolute atomic E-state index is 0.141. The molecule has 0 unspecified atom stereocenters. The lowest BCUT2D eigenvalue weighted by Gasteiger charge is -2.07. The number of benzene rings is 2. The number of nitro benzene ring substituents is 1. The predicted octanol–water partition coefficient (Wildman–Crippen LogP) is 2.27. The van der Waals surface area contributed by atoms with E-state index in [2.05, 4.69) is 0 Å². The molecule has 0 N–H and O–H groups in total. The van der Waals surface area contributed by atoms with Gasteiger partial charge in [0.25, 0.3) is 5.69 Å². The number of non-ortho nitro benzene ring substituents is 1. The molecule has 25 heavy (non-hydrogen) atoms. The first kappa shape index (κ1) is 17.6. The molecule has 126 valence electrons. The van der Waals surface area contributed by atoms with E-state index in [1.165, 1.54) is 30.3 Å². The molecule has 0 spiro atoms. The van der Waals surface area contributed by atoms with Crippen molar-refractivity contribution in [1.29, 1.82) is 5.26 Å². The highest BCUT2D eigenvalue weighted by molar-refractivity contribution is 5.98. The number of ether oxygens (including phenoxy) is 2. The summed E-state index contributed by atoms with van der Waals surface area (Å²) in [6.07, 6.45) is 0. The van der Waals surface area contributed by atoms with Crippen LogP contribution in [0.15, 0.2) is 48.5 Å². The minimum atomic E-state index is -0.775. The molecule has 0 fully saturated rings. The van der Waals surface area contributed by atoms with Gasteiger partial charge in [-0.3, -0.25) is 14.9 Å². The number of nitro groups is 1. The van der Waals surface area contributed by atoms with E-state index in [0.29, 0.717) is 0 Å². The molecule has 2 aromatic rings. The second kappa shape index (κ2) is 8.21. The number of carbonyl (C=O) groups excluding carboxylic acids is 2. The van der Waals surface area contributed by atoms with Crippen LogP contribution >= 0.6 is 0 Å². The Morgan fingerprint density at radius 1 is 1.08 bits per heavy atom. The molecule has 0 aliphatic rings. The Kier molecular flexibility index (Phi) is 5.79. The molecule has 0 radical (unpaired) electrons. The van der Waals surface area contributed by atoms with Gasteiger partial charge in [-0.05, 0) is 24.3 Å². The third kappa shape index (κ3) is 4.87. The van der Waals surface area contributed by atoms with E-state index >= 15 is 0 Å². The second-order valence-corrected chi connectivity index (χ2v) is 4.78. The van der Waals surface area contributed by atoms with Gasteiger partial charge in [-0.2, -0.15) is 5.26 Å². The van der Waals surface area contributed by atoms with Crippen molar-refractivity contribution in [3.8, 4) is 11.8 Å². The number of nitrogens with zero attached hydrogens (tertiary/aromatic N) is 2. The van der Waals surface area contributed by atoms with Gasteiger partial charge < -0.3 is 9.47 Å². The summed E-state index contributed by atoms with van der Waals surface area (Å²) in [7, 11) is 0. The number of Topliss-reactive ketones (excluding diaryl/α,β-unsaturated/α-hetero) is 1. The highest BCUT2D eigenvalue weighted by Gasteiger charge is 2.13. The summed E-state index contributed by atoms with van der Waals surface area (Å²) in [6.45, 7) is -0.966. The number of hydrogen-bond donors (Lipinski definition) is 0. The van der Waals surface area contributed by atoms with E-state index in [1.807, 2.05) is 6.07 Å². The maximum atomic E-state index is 11.9. The Morgan fingerprint density at radius 3 is 2.40 bits per heavy atom. The second-order valence-electron chi connectivity index (χ2n) is 4.78. The Balaban J connectivity index is 1.84. The first-order valence-corrected chi connectivity index (χ1v) is 7.06. The molecule has 2 aromatic carbocycles. The summed E-state index contributed by atoms with van der Waals surface area (Å²) in [5, 5.41) is 19.5. The topological polar surface area (TPSA) is 120 Å². The summed E-state index contributed by atoms with van der Waals surface area (Å²) < 4.78 is 9.99. The summed E-state index contributed by atoms with van der Waals surface area (Å²) in [6, 6.07) is 13.3. The zero-order chi connectivity index (χ0) is 18.2. The van der Waals surface area contributed by atoms with Gasteiger partial charge in [-0.15, -0.1) is 0 Å². The maximum absolute atomic E-state index is 11.9. The van der Waals surface area contributed by atoms with Crippen molar-refractivity contribution < 1.29 is 24.0 Å². The first-order valence-electron chi connectivity index (χ1n) is 7.06. The number of rotatable bonds is 7. The average molecular weight is 340 g/mol. The van der Waals surface area contributed by atoms with Crippen LogP contribution in [0.1, 0.15) is 15.9 Å². The molecular weight excluding hydrogens is 328 g/mol. The smallest absolute Gasteiger partial charge is 0.344 e. The molecule has 0 saturated carbocycles. The molecule has 0 saturated heterocycles. The van der Waals surface area contributed by atoms with E-state index < -0.39 is 29.9 Å². The van der Waals surface area contributed by atoms with Crippen LogP contribution in [-0.4, -0.2) is 29.9 Å². The molecule has 0 aliphatic carbocycles. The Morgan fingerprint density at radius 2 is 1.76 bits per heavy atom. The summed E-state index contributed by atoms with van der Waals surface area (Å²) in [5.41, 5.74) is 0.324. The number of nitriles is 1. The summed E-state index contributed by atoms with van der Waals surface area (Å²) >= 11 is 0. The van der Waals surface area contributed by atoms with Crippen molar-refractivity contribution in [3.63, 3.8) is 0 Å². The molecule has 0 bridgehead atoms. The number of hydrogen-bond acceptors (Lipinski definition) is 7. The van der Waals surface area contributed by atoms with Gasteiger partial charge in [-0.25, -0.2) is 4.79 Å². The monoisotopic (exact) mass is 340 g/mol. The number of para-hydroxylation sites is 1. The lowest BCUT2D eigenvalue weighted by Crippen LogP contribution is -2.19. The number of esters is 1. The molecule has 2 rings (SSSR count). The van der Waals surface area contributed by atoms with Crippen LogP contribution in [0.4, 0.5) is 5.69 Å². The van der Waals surface area contributed by atoms with Crippen molar-refractivity contribution in [1.82, 2.24) is 0 Å². The van der Waals surface area contributed by atoms with Gasteiger partial charge in [0.05, 0.1) is 10.5 Å². The highest BCUT2D eigenvalue weighted by atomic mass is 16.6. The van der Waals surface area contributed by atoms with Crippen molar-refractivity contribution in [2.24, 2.45) is 0 Å². The van der Waals surface area contributed by atoms with Gasteiger partial charge in [0.1, 0.15) is 11.8 Å². The maximum Gasteiger partial charge on any atom is 0.344 e. The fraction of sp³-hybridized carbons (Fsp3) is 0.118. The van der Waals surface area contributed by atoms with Crippen LogP contribution in [0.5, 0.6) is 5.75 Å². The van der Waals surface area contributed by atoms with Gasteiger partial charge in [0.15, 0.2) is 19.0 Å². The van der Waals surface area contributed by atoms with Gasteiger partial charge in [-0.1, -0.05) is 12.1 Å². The van der Waals surface area contributed by atoms with Gasteiger partial charge in [0, 0.05) is 17.7 Å². The molecular formula is C17H12N2O6. The Hall–Kier alpha value is -3.73. The Bertz CT molecular complexity index is 839. The van der Waals surface area contributed by atoms with Crippen molar-refractivity contribution in [3.05, 3.63) is 69.8 Å². The average Bonchev–Trinajstić information content (AvgIpc) is 2.64. The summed E-state index contributed by atoms with van der Waals surface area (Å²) in [5.74, 6) is -1.03. The van der Waals surface area contributed by atoms with Crippen LogP contribution < -0.4 is 4.74 Å². The summed E-state index contributed by atoms with van der Waals surface area (Å²) in [4.78, 5) is 33.5. The molecule has 8 nitrogen and oxygen atoms in total. The molecule has 0 aliphatic heterocycles. The molecule has 0 aromatic heterocycles. The minimum Gasteiger partial charge on any atom is -0.481 e. The highest BCUT2D eigenvalue weighted by Crippen LogP contribution is 2.16. The van der Waals surface area contributed by atoms with Crippen LogP contribution in [0, 0.1) is 21.4 Å². The SMILES string of the molecule is N#Cc1ccccc1OCC(=O)OCC(=O)c1ccc([N+](=O)[O-])cc1. The molecule has 0 amide bonds. The van der Waals surface area contributed by atoms with E-state index in [9.17, 15) is 19.7 Å². The predicted molar refractivity (Wildman–Crippen MR) is 85.0 cm³/mol. The molecule has 0 heterocycles. The number of carbonyl (C=O) groups is 2. The Labute approximate surface area is 142 Å². The van der Waals surface area contributed by atoms with E-state index in [-0.39, 0.29) is 22.6 Å². The first-order chi connectivity index (χ1) is 12.0. The number of ketones is 1. The van der Waals surface area contributed by atoms with Crippen LogP contribution in [0.25, 0.3) is 0 Å². The normalized spacial score (nSPS) is 9.72. The van der Waals surface area contributed by atoms with Gasteiger partial charge >= 0.3 is 5.97 Å². The lowest BCUT2D eigenvalue weighted by atomic mass is 10.1. The molecule has 0 atom stereocenters. The quantitative estimate of drug-likeness (QED) is 0.328. The fourth-order valence-electron chi connectivity index (χ4n) is 1.86. The zero-order valence-electron chi connectivity index (χ0n) is 12.9. The van der Waals surface area contributed by atoms with E-state index in [1.54, 1.807) is 18.2 Å². The van der Waals surface area contributed by atoms with Crippen molar-refractivity contribution in [2.75, 3.05) is 13.2 Å². The van der Waals surface area contributed by atoms with E-state index in [0.717, 1.165) is 0 Å². The van der Waals surface area contributed by atoms with Crippen molar-refractivity contribution >= 4 is 17.4 Å². The third-order valence-electron chi connectivity index (χ3n) is 3.12. The lowest BCUT2D eigenvalue weighted by molar-refractivity contribution is -0.384. The molecule has 8 heteroatoms. The zero-order valence-corrected chi connectivity index (χ0v) is 12.9.